The Morgan fingerprint density at radius 1 is 1.00 bits per heavy atom. The largest absolute Gasteiger partial charge is 0.455 e. The zero-order valence-electron chi connectivity index (χ0n) is 17.3. The van der Waals surface area contributed by atoms with Crippen LogP contribution in [0.5, 0.6) is 0 Å². The highest BCUT2D eigenvalue weighted by Gasteiger charge is 2.35. The van der Waals surface area contributed by atoms with Crippen molar-refractivity contribution in [3.8, 4) is 0 Å². The summed E-state index contributed by atoms with van der Waals surface area (Å²) in [5.74, 6) is 0.148. The van der Waals surface area contributed by atoms with Crippen molar-refractivity contribution in [2.24, 2.45) is 0 Å². The maximum absolute atomic E-state index is 13.2. The predicted molar refractivity (Wildman–Crippen MR) is 110 cm³/mol. The number of benzene rings is 1. The summed E-state index contributed by atoms with van der Waals surface area (Å²) < 4.78 is 33.0. The lowest BCUT2D eigenvalue weighted by Gasteiger charge is -2.24. The van der Waals surface area contributed by atoms with Crippen LogP contribution in [0.25, 0.3) is 0 Å². The van der Waals surface area contributed by atoms with E-state index < -0.39 is 10.0 Å². The summed E-state index contributed by atoms with van der Waals surface area (Å²) in [6.07, 6.45) is 3.55. The van der Waals surface area contributed by atoms with Crippen molar-refractivity contribution < 1.29 is 17.6 Å². The van der Waals surface area contributed by atoms with E-state index in [1.54, 1.807) is 6.92 Å². The third kappa shape index (κ3) is 3.62. The van der Waals surface area contributed by atoms with Crippen molar-refractivity contribution in [1.29, 1.82) is 0 Å². The number of rotatable bonds is 4. The van der Waals surface area contributed by atoms with E-state index >= 15 is 0 Å². The van der Waals surface area contributed by atoms with Crippen LogP contribution >= 0.6 is 0 Å². The number of nitrogens with zero attached hydrogens (tertiary/aromatic N) is 2. The van der Waals surface area contributed by atoms with E-state index in [0.29, 0.717) is 19.6 Å². The maximum atomic E-state index is 13.2. The molecule has 0 radical (unpaired) electrons. The van der Waals surface area contributed by atoms with Gasteiger partial charge >= 0.3 is 0 Å². The van der Waals surface area contributed by atoms with Crippen molar-refractivity contribution in [3.05, 3.63) is 52.5 Å². The Balaban J connectivity index is 1.61. The average Bonchev–Trinajstić information content (AvgIpc) is 3.43. The van der Waals surface area contributed by atoms with Gasteiger partial charge in [0.05, 0.1) is 6.04 Å². The molecule has 1 unspecified atom stereocenters. The predicted octanol–water partition coefficient (Wildman–Crippen LogP) is 3.97. The van der Waals surface area contributed by atoms with Gasteiger partial charge in [0.25, 0.3) is 5.91 Å². The first-order valence-electron chi connectivity index (χ1n) is 10.3. The minimum absolute atomic E-state index is 0.00848. The van der Waals surface area contributed by atoms with Gasteiger partial charge in [0.1, 0.15) is 10.7 Å². The Morgan fingerprint density at radius 2 is 1.72 bits per heavy atom. The third-order valence-corrected chi connectivity index (χ3v) is 8.20. The second-order valence-corrected chi connectivity index (χ2v) is 10.0. The smallest absolute Gasteiger partial charge is 0.290 e. The van der Waals surface area contributed by atoms with E-state index in [-0.39, 0.29) is 28.4 Å². The topological polar surface area (TPSA) is 70.8 Å². The summed E-state index contributed by atoms with van der Waals surface area (Å²) in [4.78, 5) is 15.1. The molecule has 1 atom stereocenters. The first-order valence-corrected chi connectivity index (χ1v) is 11.7. The highest BCUT2D eigenvalue weighted by molar-refractivity contribution is 7.89. The first kappa shape index (κ1) is 20.2. The summed E-state index contributed by atoms with van der Waals surface area (Å²) in [6.45, 7) is 7.46. The minimum Gasteiger partial charge on any atom is -0.455 e. The van der Waals surface area contributed by atoms with E-state index in [0.717, 1.165) is 31.2 Å². The van der Waals surface area contributed by atoms with Crippen molar-refractivity contribution in [3.63, 3.8) is 0 Å². The molecule has 2 saturated heterocycles. The fourth-order valence-electron chi connectivity index (χ4n) is 4.36. The number of likely N-dealkylation sites (tertiary alicyclic amines) is 1. The summed E-state index contributed by atoms with van der Waals surface area (Å²) in [5, 5.41) is 0. The number of hydrogen-bond acceptors (Lipinski definition) is 4. The zero-order chi connectivity index (χ0) is 20.8. The van der Waals surface area contributed by atoms with Crippen molar-refractivity contribution in [2.45, 2.75) is 57.4 Å². The maximum Gasteiger partial charge on any atom is 0.290 e. The number of sulfonamides is 1. The number of amides is 1. The van der Waals surface area contributed by atoms with Crippen molar-refractivity contribution in [2.75, 3.05) is 19.6 Å². The fourth-order valence-corrected chi connectivity index (χ4v) is 6.04. The van der Waals surface area contributed by atoms with Gasteiger partial charge in [0, 0.05) is 25.7 Å². The summed E-state index contributed by atoms with van der Waals surface area (Å²) in [6, 6.07) is 7.72. The summed E-state index contributed by atoms with van der Waals surface area (Å²) in [5.41, 5.74) is 3.55. The van der Waals surface area contributed by atoms with Gasteiger partial charge in [-0.25, -0.2) is 8.42 Å². The molecule has 2 aromatic rings. The van der Waals surface area contributed by atoms with Crippen LogP contribution in [-0.4, -0.2) is 43.2 Å². The minimum atomic E-state index is -3.61. The average molecular weight is 417 g/mol. The third-order valence-electron chi connectivity index (χ3n) is 6.20. The molecule has 0 spiro atoms. The number of aryl methyl sites for hydroxylation is 3. The second kappa shape index (κ2) is 7.61. The van der Waals surface area contributed by atoms with Crippen LogP contribution in [0, 0.1) is 20.8 Å². The quantitative estimate of drug-likeness (QED) is 0.756. The number of furan rings is 1. The molecule has 1 amide bonds. The Morgan fingerprint density at radius 3 is 2.41 bits per heavy atom. The van der Waals surface area contributed by atoms with Gasteiger partial charge < -0.3 is 9.32 Å². The zero-order valence-corrected chi connectivity index (χ0v) is 18.1. The van der Waals surface area contributed by atoms with Gasteiger partial charge in [-0.3, -0.25) is 4.79 Å². The summed E-state index contributed by atoms with van der Waals surface area (Å²) >= 11 is 0. The Hall–Kier alpha value is -2.12. The van der Waals surface area contributed by atoms with Crippen LogP contribution in [0.4, 0.5) is 0 Å². The number of hydrogen-bond donors (Lipinski definition) is 0. The SMILES string of the molecule is Cc1ccc(C2CCCN2C(=O)c2cc(S(=O)(=O)N3CCCC3)c(C)o2)cc1C. The molecule has 1 aromatic heterocycles. The van der Waals surface area contributed by atoms with Gasteiger partial charge in [0.2, 0.25) is 10.0 Å². The van der Waals surface area contributed by atoms with Crippen molar-refractivity contribution in [1.82, 2.24) is 9.21 Å². The molecular weight excluding hydrogens is 388 g/mol. The molecule has 0 saturated carbocycles. The van der Waals surface area contributed by atoms with Crippen LogP contribution in [-0.2, 0) is 10.0 Å². The molecule has 6 nitrogen and oxygen atoms in total. The van der Waals surface area contributed by atoms with Crippen LogP contribution in [0.1, 0.15) is 64.7 Å². The molecule has 1 aromatic carbocycles. The van der Waals surface area contributed by atoms with E-state index in [4.69, 9.17) is 4.42 Å². The molecule has 4 rings (SSSR count). The van der Waals surface area contributed by atoms with Crippen LogP contribution in [0.15, 0.2) is 33.6 Å². The lowest BCUT2D eigenvalue weighted by molar-refractivity contribution is 0.0702. The Kier molecular flexibility index (Phi) is 5.29. The molecule has 2 fully saturated rings. The number of carbonyl (C=O) groups excluding carboxylic acids is 1. The molecule has 0 bridgehead atoms. The van der Waals surface area contributed by atoms with E-state index in [1.807, 2.05) is 4.90 Å². The lowest BCUT2D eigenvalue weighted by Crippen LogP contribution is -2.30. The standard InChI is InChI=1S/C22H28N2O4S/c1-15-8-9-18(13-16(15)2)19-7-6-12-24(19)22(25)20-14-21(17(3)28-20)29(26,27)23-10-4-5-11-23/h8-9,13-14,19H,4-7,10-12H2,1-3H3. The van der Waals surface area contributed by atoms with Gasteiger partial charge in [-0.15, -0.1) is 0 Å². The summed E-state index contributed by atoms with van der Waals surface area (Å²) in [7, 11) is -3.61. The number of carbonyl (C=O) groups is 1. The molecule has 3 heterocycles. The second-order valence-electron chi connectivity index (χ2n) is 8.14. The van der Waals surface area contributed by atoms with Gasteiger partial charge in [0.15, 0.2) is 5.76 Å². The van der Waals surface area contributed by atoms with Crippen LogP contribution < -0.4 is 0 Å². The van der Waals surface area contributed by atoms with Gasteiger partial charge in [-0.05, 0) is 63.1 Å². The fraction of sp³-hybridized carbons (Fsp3) is 0.500. The highest BCUT2D eigenvalue weighted by atomic mass is 32.2. The molecule has 0 N–H and O–H groups in total. The molecule has 2 aliphatic heterocycles. The van der Waals surface area contributed by atoms with E-state index in [9.17, 15) is 13.2 Å². The van der Waals surface area contributed by atoms with Crippen molar-refractivity contribution >= 4 is 15.9 Å². The van der Waals surface area contributed by atoms with Crippen LogP contribution in [0.2, 0.25) is 0 Å². The van der Waals surface area contributed by atoms with E-state index in [2.05, 4.69) is 32.0 Å². The highest BCUT2D eigenvalue weighted by Crippen LogP contribution is 2.35. The van der Waals surface area contributed by atoms with Crippen LogP contribution in [0.3, 0.4) is 0 Å². The van der Waals surface area contributed by atoms with Gasteiger partial charge in [-0.1, -0.05) is 18.2 Å². The Bertz CT molecular complexity index is 1040. The molecule has 2 aliphatic rings. The molecule has 7 heteroatoms. The molecule has 156 valence electrons. The molecular formula is C22H28N2O4S. The lowest BCUT2D eigenvalue weighted by atomic mass is 9.99. The van der Waals surface area contributed by atoms with Gasteiger partial charge in [-0.2, -0.15) is 4.31 Å². The Labute approximate surface area is 172 Å². The molecule has 29 heavy (non-hydrogen) atoms. The molecule has 0 aliphatic carbocycles. The monoisotopic (exact) mass is 416 g/mol. The first-order chi connectivity index (χ1) is 13.8. The normalized spacial score (nSPS) is 20.5. The van der Waals surface area contributed by atoms with E-state index in [1.165, 1.54) is 21.5 Å².